The molecule has 0 radical (unpaired) electrons. The lowest BCUT2D eigenvalue weighted by atomic mass is 9.78. The van der Waals surface area contributed by atoms with Gasteiger partial charge in [-0.3, -0.25) is 0 Å². The summed E-state index contributed by atoms with van der Waals surface area (Å²) in [5.74, 6) is 0. The maximum atomic E-state index is 3.68. The topological polar surface area (TPSA) is 27.8 Å². The highest BCUT2D eigenvalue weighted by Crippen LogP contribution is 2.31. The zero-order valence-electron chi connectivity index (χ0n) is 9.72. The number of rotatable bonds is 3. The molecule has 1 saturated carbocycles. The number of fused-ring (bicyclic) bond motifs is 1. The highest BCUT2D eigenvalue weighted by molar-refractivity contribution is 5.82. The van der Waals surface area contributed by atoms with E-state index in [4.69, 9.17) is 0 Å². The van der Waals surface area contributed by atoms with Crippen molar-refractivity contribution in [2.24, 2.45) is 0 Å². The van der Waals surface area contributed by atoms with E-state index in [-0.39, 0.29) is 0 Å². The van der Waals surface area contributed by atoms with Gasteiger partial charge in [0.15, 0.2) is 0 Å². The van der Waals surface area contributed by atoms with Gasteiger partial charge >= 0.3 is 0 Å². The summed E-state index contributed by atoms with van der Waals surface area (Å²) in [5, 5.41) is 5.03. The van der Waals surface area contributed by atoms with Gasteiger partial charge in [0.05, 0.1) is 0 Å². The molecular formula is C14H18N2. The molecule has 2 heteroatoms. The van der Waals surface area contributed by atoms with Crippen molar-refractivity contribution in [3.8, 4) is 0 Å². The highest BCUT2D eigenvalue weighted by Gasteiger charge is 2.30. The molecule has 1 aliphatic carbocycles. The minimum absolute atomic E-state index is 0.387. The van der Waals surface area contributed by atoms with Crippen LogP contribution in [0.5, 0.6) is 0 Å². The first-order valence-electron chi connectivity index (χ1n) is 6.07. The predicted molar refractivity (Wildman–Crippen MR) is 67.4 cm³/mol. The Balaban J connectivity index is 1.81. The molecule has 0 bridgehead atoms. The normalized spacial score (nSPS) is 18.6. The molecule has 1 heterocycles. The number of hydrogen-bond acceptors (Lipinski definition) is 1. The van der Waals surface area contributed by atoms with Crippen LogP contribution in [-0.4, -0.2) is 10.5 Å². The average molecular weight is 214 g/mol. The van der Waals surface area contributed by atoms with Crippen LogP contribution in [0.15, 0.2) is 30.5 Å². The van der Waals surface area contributed by atoms with E-state index in [1.165, 1.54) is 35.7 Å². The van der Waals surface area contributed by atoms with Crippen LogP contribution in [-0.2, 0) is 6.54 Å². The summed E-state index contributed by atoms with van der Waals surface area (Å²) in [6.45, 7) is 3.31. The van der Waals surface area contributed by atoms with E-state index in [9.17, 15) is 0 Å². The van der Waals surface area contributed by atoms with Crippen LogP contribution < -0.4 is 5.32 Å². The van der Waals surface area contributed by atoms with Crippen LogP contribution in [0.1, 0.15) is 31.7 Å². The molecule has 1 aromatic heterocycles. The SMILES string of the molecule is CC1(NCc2cccc3[nH]ccc23)CCC1. The fourth-order valence-corrected chi connectivity index (χ4v) is 2.50. The van der Waals surface area contributed by atoms with Gasteiger partial charge in [-0.15, -0.1) is 0 Å². The van der Waals surface area contributed by atoms with E-state index in [2.05, 4.69) is 41.5 Å². The van der Waals surface area contributed by atoms with Crippen molar-refractivity contribution >= 4 is 10.9 Å². The molecule has 0 saturated heterocycles. The second-order valence-corrected chi connectivity index (χ2v) is 5.12. The predicted octanol–water partition coefficient (Wildman–Crippen LogP) is 3.20. The maximum Gasteiger partial charge on any atom is 0.0457 e. The molecule has 2 nitrogen and oxygen atoms in total. The molecule has 1 aromatic carbocycles. The van der Waals surface area contributed by atoms with Gasteiger partial charge in [-0.2, -0.15) is 0 Å². The summed E-state index contributed by atoms with van der Waals surface area (Å²) in [5.41, 5.74) is 3.02. The fraction of sp³-hybridized carbons (Fsp3) is 0.429. The average Bonchev–Trinajstić information content (AvgIpc) is 2.72. The van der Waals surface area contributed by atoms with Crippen LogP contribution in [0.3, 0.4) is 0 Å². The summed E-state index contributed by atoms with van der Waals surface area (Å²) in [4.78, 5) is 3.26. The van der Waals surface area contributed by atoms with Gasteiger partial charge in [0.25, 0.3) is 0 Å². The molecular weight excluding hydrogens is 196 g/mol. The van der Waals surface area contributed by atoms with E-state index >= 15 is 0 Å². The van der Waals surface area contributed by atoms with Crippen molar-refractivity contribution < 1.29 is 0 Å². The first-order valence-corrected chi connectivity index (χ1v) is 6.07. The Morgan fingerprint density at radius 2 is 2.19 bits per heavy atom. The Bertz CT molecular complexity index is 494. The molecule has 3 rings (SSSR count). The van der Waals surface area contributed by atoms with Crippen LogP contribution >= 0.6 is 0 Å². The summed E-state index contributed by atoms with van der Waals surface area (Å²) in [6, 6.07) is 8.63. The van der Waals surface area contributed by atoms with E-state index in [0.717, 1.165) is 6.54 Å². The lowest BCUT2D eigenvalue weighted by Crippen LogP contribution is -2.47. The quantitative estimate of drug-likeness (QED) is 0.806. The Labute approximate surface area is 96.1 Å². The number of H-pyrrole nitrogens is 1. The van der Waals surface area contributed by atoms with Gasteiger partial charge in [0.2, 0.25) is 0 Å². The Hall–Kier alpha value is -1.28. The molecule has 0 aliphatic heterocycles. The van der Waals surface area contributed by atoms with Crippen molar-refractivity contribution in [1.29, 1.82) is 0 Å². The molecule has 2 N–H and O–H groups in total. The second kappa shape index (κ2) is 3.63. The number of hydrogen-bond donors (Lipinski definition) is 2. The van der Waals surface area contributed by atoms with Gasteiger partial charge in [-0.25, -0.2) is 0 Å². The van der Waals surface area contributed by atoms with E-state index in [1.807, 2.05) is 6.20 Å². The van der Waals surface area contributed by atoms with E-state index < -0.39 is 0 Å². The molecule has 84 valence electrons. The standard InChI is InChI=1S/C14H18N2/c1-14(7-3-8-14)16-10-11-4-2-5-13-12(11)6-9-15-13/h2,4-6,9,15-16H,3,7-8,10H2,1H3. The molecule has 0 unspecified atom stereocenters. The minimum atomic E-state index is 0.387. The third kappa shape index (κ3) is 1.63. The van der Waals surface area contributed by atoms with Gasteiger partial charge in [-0.05, 0) is 43.9 Å². The van der Waals surface area contributed by atoms with Crippen molar-refractivity contribution in [1.82, 2.24) is 10.3 Å². The summed E-state index contributed by atoms with van der Waals surface area (Å²) < 4.78 is 0. The molecule has 0 amide bonds. The van der Waals surface area contributed by atoms with E-state index in [0.29, 0.717) is 5.54 Å². The third-order valence-corrected chi connectivity index (χ3v) is 3.85. The molecule has 16 heavy (non-hydrogen) atoms. The van der Waals surface area contributed by atoms with Gasteiger partial charge in [-0.1, -0.05) is 12.1 Å². The summed E-state index contributed by atoms with van der Waals surface area (Å²) in [6.07, 6.45) is 6.02. The fourth-order valence-electron chi connectivity index (χ4n) is 2.50. The maximum absolute atomic E-state index is 3.68. The highest BCUT2D eigenvalue weighted by atomic mass is 15.0. The third-order valence-electron chi connectivity index (χ3n) is 3.85. The van der Waals surface area contributed by atoms with Crippen molar-refractivity contribution in [3.63, 3.8) is 0 Å². The van der Waals surface area contributed by atoms with Crippen LogP contribution in [0, 0.1) is 0 Å². The molecule has 1 aliphatic rings. The van der Waals surface area contributed by atoms with Crippen LogP contribution in [0.4, 0.5) is 0 Å². The first kappa shape index (κ1) is 9.91. The van der Waals surface area contributed by atoms with Crippen molar-refractivity contribution in [2.75, 3.05) is 0 Å². The number of benzene rings is 1. The zero-order chi connectivity index (χ0) is 11.0. The number of aromatic nitrogens is 1. The van der Waals surface area contributed by atoms with E-state index in [1.54, 1.807) is 0 Å². The summed E-state index contributed by atoms with van der Waals surface area (Å²) in [7, 11) is 0. The first-order chi connectivity index (χ1) is 7.77. The minimum Gasteiger partial charge on any atom is -0.361 e. The number of nitrogens with one attached hydrogen (secondary N) is 2. The Morgan fingerprint density at radius 1 is 1.31 bits per heavy atom. The van der Waals surface area contributed by atoms with Gasteiger partial charge < -0.3 is 10.3 Å². The Kier molecular flexibility index (Phi) is 2.25. The van der Waals surface area contributed by atoms with Crippen LogP contribution in [0.2, 0.25) is 0 Å². The lowest BCUT2D eigenvalue weighted by molar-refractivity contribution is 0.207. The molecule has 0 atom stereocenters. The monoisotopic (exact) mass is 214 g/mol. The van der Waals surface area contributed by atoms with Gasteiger partial charge in [0, 0.05) is 29.2 Å². The smallest absolute Gasteiger partial charge is 0.0457 e. The molecule has 1 fully saturated rings. The largest absolute Gasteiger partial charge is 0.361 e. The van der Waals surface area contributed by atoms with Gasteiger partial charge in [0.1, 0.15) is 0 Å². The van der Waals surface area contributed by atoms with Crippen molar-refractivity contribution in [3.05, 3.63) is 36.0 Å². The van der Waals surface area contributed by atoms with Crippen molar-refractivity contribution in [2.45, 2.75) is 38.3 Å². The molecule has 0 spiro atoms. The zero-order valence-corrected chi connectivity index (χ0v) is 9.72. The summed E-state index contributed by atoms with van der Waals surface area (Å²) >= 11 is 0. The number of aromatic amines is 1. The Morgan fingerprint density at radius 3 is 2.94 bits per heavy atom. The molecule has 2 aromatic rings. The lowest BCUT2D eigenvalue weighted by Gasteiger charge is -2.39. The second-order valence-electron chi connectivity index (χ2n) is 5.12. The van der Waals surface area contributed by atoms with Crippen LogP contribution in [0.25, 0.3) is 10.9 Å².